The number of aromatic nitrogens is 4. The van der Waals surface area contributed by atoms with E-state index in [9.17, 15) is 0 Å². The van der Waals surface area contributed by atoms with Crippen LogP contribution in [0.4, 0.5) is 0 Å². The number of nitrogens with two attached hydrogens (primary N) is 1. The molecule has 0 aliphatic rings. The van der Waals surface area contributed by atoms with Gasteiger partial charge in [-0.3, -0.25) is 0 Å². The molecule has 0 aliphatic heterocycles. The summed E-state index contributed by atoms with van der Waals surface area (Å²) >= 11 is 0. The van der Waals surface area contributed by atoms with E-state index in [1.165, 1.54) is 6.33 Å². The molecule has 2 heterocycles. The van der Waals surface area contributed by atoms with Gasteiger partial charge in [0.05, 0.1) is 0 Å². The Labute approximate surface area is 75.6 Å². The Morgan fingerprint density at radius 3 is 3.15 bits per heavy atom. The van der Waals surface area contributed by atoms with Gasteiger partial charge in [-0.25, -0.2) is 9.50 Å². The molecule has 0 spiro atoms. The maximum absolute atomic E-state index is 5.49. The van der Waals surface area contributed by atoms with Crippen LogP contribution in [0.1, 0.15) is 11.4 Å². The lowest BCUT2D eigenvalue weighted by atomic mass is 10.2. The predicted molar refractivity (Wildman–Crippen MR) is 48.3 cm³/mol. The zero-order chi connectivity index (χ0) is 9.26. The van der Waals surface area contributed by atoms with Gasteiger partial charge in [-0.1, -0.05) is 0 Å². The molecule has 0 fully saturated rings. The summed E-state index contributed by atoms with van der Waals surface area (Å²) < 4.78 is 1.72. The van der Waals surface area contributed by atoms with Crippen LogP contribution >= 0.6 is 0 Å². The van der Waals surface area contributed by atoms with Crippen molar-refractivity contribution in [3.63, 3.8) is 0 Å². The molecule has 0 aliphatic carbocycles. The third-order valence-corrected chi connectivity index (χ3v) is 1.85. The second-order valence-corrected chi connectivity index (χ2v) is 2.90. The summed E-state index contributed by atoms with van der Waals surface area (Å²) in [7, 11) is 0. The minimum Gasteiger partial charge on any atom is -0.330 e. The third-order valence-electron chi connectivity index (χ3n) is 1.85. The summed E-state index contributed by atoms with van der Waals surface area (Å²) in [4.78, 5) is 8.25. The van der Waals surface area contributed by atoms with Crippen molar-refractivity contribution in [2.45, 2.75) is 13.3 Å². The van der Waals surface area contributed by atoms with Crippen molar-refractivity contribution in [2.24, 2.45) is 5.73 Å². The van der Waals surface area contributed by atoms with Crippen LogP contribution in [0, 0.1) is 6.92 Å². The first-order valence-electron chi connectivity index (χ1n) is 4.17. The molecule has 0 unspecified atom stereocenters. The molecule has 2 N–H and O–H groups in total. The maximum Gasteiger partial charge on any atom is 0.252 e. The summed E-state index contributed by atoms with van der Waals surface area (Å²) in [5.74, 6) is 0.642. The van der Waals surface area contributed by atoms with Gasteiger partial charge in [-0.05, 0) is 19.5 Å². The topological polar surface area (TPSA) is 69.1 Å². The Kier molecular flexibility index (Phi) is 1.94. The van der Waals surface area contributed by atoms with Crippen molar-refractivity contribution in [2.75, 3.05) is 6.54 Å². The van der Waals surface area contributed by atoms with Crippen molar-refractivity contribution < 1.29 is 0 Å². The Morgan fingerprint density at radius 1 is 1.54 bits per heavy atom. The first-order valence-corrected chi connectivity index (χ1v) is 4.17. The highest BCUT2D eigenvalue weighted by molar-refractivity contribution is 5.29. The van der Waals surface area contributed by atoms with E-state index in [-0.39, 0.29) is 0 Å². The molecule has 0 radical (unpaired) electrons. The number of aryl methyl sites for hydroxylation is 1. The molecule has 5 heteroatoms. The largest absolute Gasteiger partial charge is 0.330 e. The standard InChI is InChI=1S/C8H11N5/c1-6-4-7(2-3-9)13-8(12-6)10-5-11-13/h4-5H,2-3,9H2,1H3. The maximum atomic E-state index is 5.49. The first kappa shape index (κ1) is 8.12. The summed E-state index contributed by atoms with van der Waals surface area (Å²) in [6.45, 7) is 2.55. The average Bonchev–Trinajstić information content (AvgIpc) is 2.52. The monoisotopic (exact) mass is 177 g/mol. The van der Waals surface area contributed by atoms with Gasteiger partial charge >= 0.3 is 0 Å². The third kappa shape index (κ3) is 1.38. The van der Waals surface area contributed by atoms with Crippen LogP contribution in [-0.2, 0) is 6.42 Å². The van der Waals surface area contributed by atoms with Crippen LogP contribution in [0.3, 0.4) is 0 Å². The number of hydrogen-bond acceptors (Lipinski definition) is 4. The van der Waals surface area contributed by atoms with E-state index in [2.05, 4.69) is 15.1 Å². The van der Waals surface area contributed by atoms with E-state index < -0.39 is 0 Å². The molecule has 2 aromatic rings. The fourth-order valence-corrected chi connectivity index (χ4v) is 1.33. The zero-order valence-corrected chi connectivity index (χ0v) is 7.44. The molecule has 2 rings (SSSR count). The van der Waals surface area contributed by atoms with E-state index in [0.717, 1.165) is 17.8 Å². The van der Waals surface area contributed by atoms with Gasteiger partial charge in [-0.15, -0.1) is 0 Å². The molecule has 0 amide bonds. The lowest BCUT2D eigenvalue weighted by molar-refractivity contribution is 0.810. The predicted octanol–water partition coefficient (Wildman–Crippen LogP) is -0.0661. The average molecular weight is 177 g/mol. The van der Waals surface area contributed by atoms with Crippen molar-refractivity contribution in [1.29, 1.82) is 0 Å². The highest BCUT2D eigenvalue weighted by Crippen LogP contribution is 2.04. The Balaban J connectivity index is 2.63. The van der Waals surface area contributed by atoms with Gasteiger partial charge in [0.15, 0.2) is 0 Å². The van der Waals surface area contributed by atoms with E-state index in [0.29, 0.717) is 12.3 Å². The van der Waals surface area contributed by atoms with E-state index in [1.54, 1.807) is 4.52 Å². The highest BCUT2D eigenvalue weighted by atomic mass is 15.3. The van der Waals surface area contributed by atoms with Gasteiger partial charge in [0.2, 0.25) is 0 Å². The van der Waals surface area contributed by atoms with Gasteiger partial charge in [-0.2, -0.15) is 10.1 Å². The molecular weight excluding hydrogens is 166 g/mol. The minimum atomic E-state index is 0.610. The normalized spacial score (nSPS) is 10.9. The fraction of sp³-hybridized carbons (Fsp3) is 0.375. The van der Waals surface area contributed by atoms with Crippen molar-refractivity contribution in [1.82, 2.24) is 19.6 Å². The van der Waals surface area contributed by atoms with Crippen molar-refractivity contribution in [3.8, 4) is 0 Å². The molecule has 2 aromatic heterocycles. The van der Waals surface area contributed by atoms with Crippen LogP contribution < -0.4 is 5.73 Å². The van der Waals surface area contributed by atoms with Gasteiger partial charge < -0.3 is 5.73 Å². The zero-order valence-electron chi connectivity index (χ0n) is 7.44. The van der Waals surface area contributed by atoms with Gasteiger partial charge in [0, 0.05) is 17.8 Å². The Morgan fingerprint density at radius 2 is 2.38 bits per heavy atom. The molecule has 13 heavy (non-hydrogen) atoms. The lowest BCUT2D eigenvalue weighted by Crippen LogP contribution is -2.09. The molecule has 5 nitrogen and oxygen atoms in total. The lowest BCUT2D eigenvalue weighted by Gasteiger charge is -2.02. The van der Waals surface area contributed by atoms with Crippen LogP contribution in [0.25, 0.3) is 5.78 Å². The second kappa shape index (κ2) is 3.10. The van der Waals surface area contributed by atoms with Crippen LogP contribution in [0.5, 0.6) is 0 Å². The van der Waals surface area contributed by atoms with Crippen LogP contribution in [-0.4, -0.2) is 26.1 Å². The molecule has 0 bridgehead atoms. The molecule has 0 saturated heterocycles. The van der Waals surface area contributed by atoms with Crippen molar-refractivity contribution >= 4 is 5.78 Å². The molecule has 0 saturated carbocycles. The number of nitrogens with zero attached hydrogens (tertiary/aromatic N) is 4. The van der Waals surface area contributed by atoms with Crippen molar-refractivity contribution in [3.05, 3.63) is 23.8 Å². The molecule has 68 valence electrons. The van der Waals surface area contributed by atoms with E-state index in [4.69, 9.17) is 5.73 Å². The second-order valence-electron chi connectivity index (χ2n) is 2.90. The summed E-state index contributed by atoms with van der Waals surface area (Å²) in [6, 6.07) is 1.98. The van der Waals surface area contributed by atoms with E-state index >= 15 is 0 Å². The van der Waals surface area contributed by atoms with Gasteiger partial charge in [0.1, 0.15) is 6.33 Å². The number of hydrogen-bond donors (Lipinski definition) is 1. The van der Waals surface area contributed by atoms with Gasteiger partial charge in [0.25, 0.3) is 5.78 Å². The SMILES string of the molecule is Cc1cc(CCN)n2ncnc2n1. The fourth-order valence-electron chi connectivity index (χ4n) is 1.33. The van der Waals surface area contributed by atoms with Crippen LogP contribution in [0.15, 0.2) is 12.4 Å². The van der Waals surface area contributed by atoms with Crippen LogP contribution in [0.2, 0.25) is 0 Å². The molecule has 0 aromatic carbocycles. The minimum absolute atomic E-state index is 0.610. The summed E-state index contributed by atoms with van der Waals surface area (Å²) in [6.07, 6.45) is 2.30. The highest BCUT2D eigenvalue weighted by Gasteiger charge is 2.03. The van der Waals surface area contributed by atoms with E-state index in [1.807, 2.05) is 13.0 Å². The quantitative estimate of drug-likeness (QED) is 0.697. The smallest absolute Gasteiger partial charge is 0.252 e. The number of fused-ring (bicyclic) bond motifs is 1. The number of rotatable bonds is 2. The molecular formula is C8H11N5. The summed E-state index contributed by atoms with van der Waals surface area (Å²) in [5, 5.41) is 4.07. The molecule has 0 atom stereocenters. The first-order chi connectivity index (χ1) is 6.31. The Bertz CT molecular complexity index is 419. The summed E-state index contributed by atoms with van der Waals surface area (Å²) in [5.41, 5.74) is 7.49. The Hall–Kier alpha value is -1.49.